The lowest BCUT2D eigenvalue weighted by molar-refractivity contribution is -0.142. The molecular formula is C26H39NO9. The Labute approximate surface area is 212 Å². The number of hydrogen-bond donors (Lipinski definition) is 2. The molecule has 0 aromatic heterocycles. The lowest BCUT2D eigenvalue weighted by Crippen LogP contribution is -2.38. The first-order valence-electron chi connectivity index (χ1n) is 12.0. The quantitative estimate of drug-likeness (QED) is 0.311. The number of rotatable bonds is 12. The van der Waals surface area contributed by atoms with Crippen LogP contribution in [0.15, 0.2) is 18.2 Å². The van der Waals surface area contributed by atoms with E-state index in [1.54, 1.807) is 26.8 Å². The van der Waals surface area contributed by atoms with E-state index < -0.39 is 54.0 Å². The number of nitrogens with two attached hydrogens (primary N) is 1. The number of methoxy groups -OCH3 is 1. The van der Waals surface area contributed by atoms with Crippen molar-refractivity contribution in [1.82, 2.24) is 0 Å². The highest BCUT2D eigenvalue weighted by molar-refractivity contribution is 5.79. The Balaban J connectivity index is 3.46. The van der Waals surface area contributed by atoms with E-state index in [1.165, 1.54) is 12.1 Å². The number of hydrogen-bond acceptors (Lipinski definition) is 9. The highest BCUT2D eigenvalue weighted by atomic mass is 16.7. The van der Waals surface area contributed by atoms with E-state index in [0.29, 0.717) is 5.56 Å². The van der Waals surface area contributed by atoms with Crippen LogP contribution in [0.2, 0.25) is 0 Å². The summed E-state index contributed by atoms with van der Waals surface area (Å²) in [5, 5.41) is 9.58. The molecule has 0 heterocycles. The molecule has 10 heteroatoms. The number of ether oxygens (including phenoxy) is 4. The molecule has 0 amide bonds. The maximum atomic E-state index is 12.7. The lowest BCUT2D eigenvalue weighted by Gasteiger charge is -2.25. The summed E-state index contributed by atoms with van der Waals surface area (Å²) in [5.41, 5.74) is 6.38. The van der Waals surface area contributed by atoms with Crippen LogP contribution in [-0.2, 0) is 23.9 Å². The van der Waals surface area contributed by atoms with Gasteiger partial charge in [0.2, 0.25) is 0 Å². The normalized spacial score (nSPS) is 15.4. The van der Waals surface area contributed by atoms with Gasteiger partial charge in [0.1, 0.15) is 12.1 Å². The standard InChI is InChI=1S/C26H39NO9/c1-13(2)16(6)24(30)35-20-10-9-18(12-21(20)36-25(31)17(7)14(3)4)19(22(27)23(28)29)11-15(5)34-26(32)33-8/h9-10,12-17,19,22H,11,27H2,1-8H3,(H,28,29)/t15?,16?,17?,19?,22-/m0/s1. The number of benzene rings is 1. The predicted molar refractivity (Wildman–Crippen MR) is 132 cm³/mol. The van der Waals surface area contributed by atoms with Crippen LogP contribution in [0.1, 0.15) is 66.4 Å². The monoisotopic (exact) mass is 509 g/mol. The molecular weight excluding hydrogens is 470 g/mol. The van der Waals surface area contributed by atoms with Gasteiger partial charge in [0.05, 0.1) is 18.9 Å². The fraction of sp³-hybridized carbons (Fsp3) is 0.615. The van der Waals surface area contributed by atoms with Gasteiger partial charge in [-0.15, -0.1) is 0 Å². The van der Waals surface area contributed by atoms with Crippen LogP contribution in [0.5, 0.6) is 11.5 Å². The second-order valence-electron chi connectivity index (χ2n) is 9.70. The molecule has 0 saturated carbocycles. The molecule has 0 aliphatic carbocycles. The summed E-state index contributed by atoms with van der Waals surface area (Å²) in [4.78, 5) is 48.6. The average Bonchev–Trinajstić information content (AvgIpc) is 2.81. The van der Waals surface area contributed by atoms with Gasteiger partial charge in [-0.05, 0) is 42.9 Å². The first kappa shape index (κ1) is 30.9. The van der Waals surface area contributed by atoms with E-state index in [0.717, 1.165) is 7.11 Å². The minimum Gasteiger partial charge on any atom is -0.480 e. The van der Waals surface area contributed by atoms with Crippen LogP contribution in [0.3, 0.4) is 0 Å². The van der Waals surface area contributed by atoms with Gasteiger partial charge in [0.15, 0.2) is 11.5 Å². The zero-order valence-corrected chi connectivity index (χ0v) is 22.3. The Bertz CT molecular complexity index is 928. The van der Waals surface area contributed by atoms with Crippen molar-refractivity contribution in [2.45, 2.75) is 73.0 Å². The number of carbonyl (C=O) groups excluding carboxylic acids is 3. The molecule has 5 atom stereocenters. The number of carbonyl (C=O) groups is 4. The maximum absolute atomic E-state index is 12.7. The fourth-order valence-electron chi connectivity index (χ4n) is 3.15. The Hall–Kier alpha value is -3.14. The number of esters is 2. The molecule has 3 N–H and O–H groups in total. The summed E-state index contributed by atoms with van der Waals surface area (Å²) in [6.45, 7) is 12.5. The van der Waals surface area contributed by atoms with E-state index in [4.69, 9.17) is 19.9 Å². The number of carboxylic acids is 1. The van der Waals surface area contributed by atoms with Crippen molar-refractivity contribution in [2.75, 3.05) is 7.11 Å². The van der Waals surface area contributed by atoms with Crippen molar-refractivity contribution >= 4 is 24.1 Å². The van der Waals surface area contributed by atoms with Gasteiger partial charge < -0.3 is 29.8 Å². The average molecular weight is 510 g/mol. The maximum Gasteiger partial charge on any atom is 0.508 e. The molecule has 0 bridgehead atoms. The molecule has 1 aromatic carbocycles. The van der Waals surface area contributed by atoms with Crippen molar-refractivity contribution in [2.24, 2.45) is 29.4 Å². The smallest absolute Gasteiger partial charge is 0.480 e. The van der Waals surface area contributed by atoms with Gasteiger partial charge in [-0.1, -0.05) is 47.6 Å². The molecule has 36 heavy (non-hydrogen) atoms. The first-order valence-corrected chi connectivity index (χ1v) is 12.0. The van der Waals surface area contributed by atoms with Gasteiger partial charge in [0.25, 0.3) is 0 Å². The Morgan fingerprint density at radius 2 is 1.36 bits per heavy atom. The second-order valence-corrected chi connectivity index (χ2v) is 9.70. The predicted octanol–water partition coefficient (Wildman–Crippen LogP) is 4.14. The SMILES string of the molecule is COC(=O)OC(C)CC(c1ccc(OC(=O)C(C)C(C)C)c(OC(=O)C(C)C(C)C)c1)[C@H](N)C(=O)O. The van der Waals surface area contributed by atoms with Gasteiger partial charge in [-0.2, -0.15) is 0 Å². The topological polar surface area (TPSA) is 151 Å². The van der Waals surface area contributed by atoms with Crippen LogP contribution in [-0.4, -0.2) is 48.4 Å². The number of aliphatic carboxylic acids is 1. The van der Waals surface area contributed by atoms with E-state index >= 15 is 0 Å². The Kier molecular flexibility index (Phi) is 11.9. The second kappa shape index (κ2) is 13.8. The van der Waals surface area contributed by atoms with E-state index in [-0.39, 0.29) is 29.8 Å². The van der Waals surface area contributed by atoms with Crippen molar-refractivity contribution < 1.29 is 43.2 Å². The third-order valence-electron chi connectivity index (χ3n) is 6.33. The minimum absolute atomic E-state index is 0.00264. The van der Waals surface area contributed by atoms with Crippen molar-refractivity contribution in [3.63, 3.8) is 0 Å². The summed E-state index contributed by atoms with van der Waals surface area (Å²) in [7, 11) is 1.16. The van der Waals surface area contributed by atoms with E-state index in [9.17, 15) is 24.3 Å². The molecule has 1 aromatic rings. The molecule has 0 spiro atoms. The Morgan fingerprint density at radius 1 is 0.861 bits per heavy atom. The van der Waals surface area contributed by atoms with Crippen molar-refractivity contribution in [3.05, 3.63) is 23.8 Å². The highest BCUT2D eigenvalue weighted by Gasteiger charge is 2.31. The van der Waals surface area contributed by atoms with Crippen molar-refractivity contribution in [1.29, 1.82) is 0 Å². The van der Waals surface area contributed by atoms with Gasteiger partial charge in [-0.3, -0.25) is 14.4 Å². The van der Waals surface area contributed by atoms with Gasteiger partial charge >= 0.3 is 24.1 Å². The molecule has 0 aliphatic rings. The molecule has 10 nitrogen and oxygen atoms in total. The molecule has 0 radical (unpaired) electrons. The highest BCUT2D eigenvalue weighted by Crippen LogP contribution is 2.36. The summed E-state index contributed by atoms with van der Waals surface area (Å²) in [5.74, 6) is -3.95. The lowest BCUT2D eigenvalue weighted by atomic mass is 9.87. The molecule has 0 aliphatic heterocycles. The molecule has 202 valence electrons. The van der Waals surface area contributed by atoms with E-state index in [1.807, 2.05) is 27.7 Å². The summed E-state index contributed by atoms with van der Waals surface area (Å²) >= 11 is 0. The molecule has 0 saturated heterocycles. The van der Waals surface area contributed by atoms with Crippen LogP contribution in [0.25, 0.3) is 0 Å². The van der Waals surface area contributed by atoms with Crippen LogP contribution in [0, 0.1) is 23.7 Å². The van der Waals surface area contributed by atoms with Crippen LogP contribution >= 0.6 is 0 Å². The Morgan fingerprint density at radius 3 is 1.81 bits per heavy atom. The molecule has 1 rings (SSSR count). The zero-order valence-electron chi connectivity index (χ0n) is 22.3. The van der Waals surface area contributed by atoms with Gasteiger partial charge in [-0.25, -0.2) is 4.79 Å². The minimum atomic E-state index is -1.36. The third kappa shape index (κ3) is 8.82. The first-order chi connectivity index (χ1) is 16.7. The summed E-state index contributed by atoms with van der Waals surface area (Å²) in [6.07, 6.45) is -1.60. The zero-order chi connectivity index (χ0) is 27.7. The van der Waals surface area contributed by atoms with E-state index in [2.05, 4.69) is 4.74 Å². The fourth-order valence-corrected chi connectivity index (χ4v) is 3.15. The number of carboxylic acid groups (broad SMARTS) is 1. The van der Waals surface area contributed by atoms with Crippen molar-refractivity contribution in [3.8, 4) is 11.5 Å². The third-order valence-corrected chi connectivity index (χ3v) is 6.33. The van der Waals surface area contributed by atoms with Crippen LogP contribution in [0.4, 0.5) is 4.79 Å². The largest absolute Gasteiger partial charge is 0.508 e. The summed E-state index contributed by atoms with van der Waals surface area (Å²) in [6, 6.07) is 3.06. The van der Waals surface area contributed by atoms with Crippen LogP contribution < -0.4 is 15.2 Å². The molecule has 4 unspecified atom stereocenters. The summed E-state index contributed by atoms with van der Waals surface area (Å²) < 4.78 is 20.8. The van der Waals surface area contributed by atoms with Gasteiger partial charge in [0, 0.05) is 5.92 Å². The molecule has 0 fully saturated rings.